The summed E-state index contributed by atoms with van der Waals surface area (Å²) >= 11 is 0. The maximum Gasteiger partial charge on any atom is 0.332 e. The fourth-order valence-electron chi connectivity index (χ4n) is 1.81. The highest BCUT2D eigenvalue weighted by Crippen LogP contribution is 2.13. The first kappa shape index (κ1) is 17.0. The summed E-state index contributed by atoms with van der Waals surface area (Å²) in [4.78, 5) is 11.6. The molecule has 21 heavy (non-hydrogen) atoms. The van der Waals surface area contributed by atoms with E-state index < -0.39 is 0 Å². The van der Waals surface area contributed by atoms with Gasteiger partial charge in [0, 0.05) is 17.8 Å². The highest BCUT2D eigenvalue weighted by Gasteiger charge is 2.09. The zero-order chi connectivity index (χ0) is 15.5. The van der Waals surface area contributed by atoms with Crippen molar-refractivity contribution in [3.8, 4) is 0 Å². The van der Waals surface area contributed by atoms with Crippen molar-refractivity contribution < 1.29 is 14.3 Å². The molecule has 0 spiro atoms. The van der Waals surface area contributed by atoms with Crippen molar-refractivity contribution in [3.05, 3.63) is 60.3 Å². The first-order valence-corrected chi connectivity index (χ1v) is 7.04. The number of carbonyl (C=O) groups is 1. The van der Waals surface area contributed by atoms with Gasteiger partial charge in [-0.2, -0.15) is 0 Å². The number of nitrogens with one attached hydrogen (secondary N) is 1. The molecule has 0 radical (unpaired) electrons. The molecule has 0 heterocycles. The van der Waals surface area contributed by atoms with Gasteiger partial charge in [0.05, 0.1) is 19.8 Å². The van der Waals surface area contributed by atoms with Crippen LogP contribution in [0.15, 0.2) is 54.8 Å². The SMILES string of the molecule is C=CCOC/C(=C\C(=O)OCC)N[C@H](C)c1ccccc1. The summed E-state index contributed by atoms with van der Waals surface area (Å²) in [5.74, 6) is -0.373. The first-order chi connectivity index (χ1) is 10.2. The lowest BCUT2D eigenvalue weighted by Gasteiger charge is -2.18. The number of hydrogen-bond acceptors (Lipinski definition) is 4. The molecule has 1 aromatic carbocycles. The van der Waals surface area contributed by atoms with Gasteiger partial charge >= 0.3 is 5.97 Å². The number of benzene rings is 1. The topological polar surface area (TPSA) is 47.6 Å². The predicted octanol–water partition coefficient (Wildman–Crippen LogP) is 2.99. The van der Waals surface area contributed by atoms with E-state index in [2.05, 4.69) is 11.9 Å². The Balaban J connectivity index is 2.71. The van der Waals surface area contributed by atoms with E-state index in [0.717, 1.165) is 5.56 Å². The molecule has 4 nitrogen and oxygen atoms in total. The Morgan fingerprint density at radius 2 is 2.10 bits per heavy atom. The summed E-state index contributed by atoms with van der Waals surface area (Å²) in [6.07, 6.45) is 3.11. The highest BCUT2D eigenvalue weighted by atomic mass is 16.5. The van der Waals surface area contributed by atoms with Crippen LogP contribution in [0.1, 0.15) is 25.5 Å². The molecule has 0 fully saturated rings. The Kier molecular flexibility index (Phi) is 7.90. The molecule has 0 saturated carbocycles. The standard InChI is InChI=1S/C17H23NO3/c1-4-11-20-13-16(12-17(19)21-5-2)18-14(3)15-9-7-6-8-10-15/h4,6-10,12,14,18H,1,5,11,13H2,2-3H3/b16-12+/t14-/m1/s1. The molecule has 1 rings (SSSR count). The van der Waals surface area contributed by atoms with E-state index in [1.54, 1.807) is 13.0 Å². The van der Waals surface area contributed by atoms with Crippen LogP contribution in [0.3, 0.4) is 0 Å². The molecule has 0 unspecified atom stereocenters. The maximum absolute atomic E-state index is 11.6. The van der Waals surface area contributed by atoms with E-state index in [0.29, 0.717) is 25.5 Å². The molecule has 4 heteroatoms. The Labute approximate surface area is 126 Å². The first-order valence-electron chi connectivity index (χ1n) is 7.04. The summed E-state index contributed by atoms with van der Waals surface area (Å²) in [5, 5.41) is 3.28. The molecule has 1 aromatic rings. The van der Waals surface area contributed by atoms with Crippen LogP contribution in [0.5, 0.6) is 0 Å². The molecule has 0 aliphatic heterocycles. The highest BCUT2D eigenvalue weighted by molar-refractivity contribution is 5.82. The summed E-state index contributed by atoms with van der Waals surface area (Å²) < 4.78 is 10.3. The van der Waals surface area contributed by atoms with Gasteiger partial charge in [0.25, 0.3) is 0 Å². The fraction of sp³-hybridized carbons (Fsp3) is 0.353. The molecule has 1 N–H and O–H groups in total. The molecule has 0 bridgehead atoms. The molecule has 0 amide bonds. The van der Waals surface area contributed by atoms with Crippen LogP contribution >= 0.6 is 0 Å². The summed E-state index contributed by atoms with van der Waals surface area (Å²) in [6, 6.07) is 10.1. The second-order valence-electron chi connectivity index (χ2n) is 4.50. The number of ether oxygens (including phenoxy) is 2. The van der Waals surface area contributed by atoms with Gasteiger partial charge in [-0.25, -0.2) is 4.79 Å². The molecule has 0 saturated heterocycles. The molecule has 0 aliphatic rings. The van der Waals surface area contributed by atoms with Crippen molar-refractivity contribution in [3.63, 3.8) is 0 Å². The number of rotatable bonds is 9. The largest absolute Gasteiger partial charge is 0.463 e. The average Bonchev–Trinajstić information content (AvgIpc) is 2.48. The second-order valence-corrected chi connectivity index (χ2v) is 4.50. The van der Waals surface area contributed by atoms with Gasteiger partial charge in [-0.15, -0.1) is 6.58 Å². The minimum atomic E-state index is -0.373. The minimum Gasteiger partial charge on any atom is -0.463 e. The van der Waals surface area contributed by atoms with E-state index >= 15 is 0 Å². The number of esters is 1. The molecule has 0 aromatic heterocycles. The van der Waals surface area contributed by atoms with Gasteiger partial charge < -0.3 is 14.8 Å². The third-order valence-electron chi connectivity index (χ3n) is 2.77. The lowest BCUT2D eigenvalue weighted by molar-refractivity contribution is -0.137. The Bertz CT molecular complexity index is 468. The molecule has 1 atom stereocenters. The van der Waals surface area contributed by atoms with Crippen LogP contribution in [-0.2, 0) is 14.3 Å². The summed E-state index contributed by atoms with van der Waals surface area (Å²) in [5.41, 5.74) is 1.82. The van der Waals surface area contributed by atoms with Crippen molar-refractivity contribution in [1.82, 2.24) is 5.32 Å². The van der Waals surface area contributed by atoms with E-state index in [1.165, 1.54) is 6.08 Å². The Morgan fingerprint density at radius 3 is 2.71 bits per heavy atom. The minimum absolute atomic E-state index is 0.0687. The van der Waals surface area contributed by atoms with Gasteiger partial charge in [0.2, 0.25) is 0 Å². The zero-order valence-electron chi connectivity index (χ0n) is 12.7. The van der Waals surface area contributed by atoms with Crippen molar-refractivity contribution >= 4 is 5.97 Å². The summed E-state index contributed by atoms with van der Waals surface area (Å²) in [7, 11) is 0. The van der Waals surface area contributed by atoms with Gasteiger partial charge in [-0.1, -0.05) is 36.4 Å². The van der Waals surface area contributed by atoms with Gasteiger partial charge in [0.15, 0.2) is 0 Å². The zero-order valence-corrected chi connectivity index (χ0v) is 12.7. The molecular formula is C17H23NO3. The van der Waals surface area contributed by atoms with Gasteiger partial charge in [-0.05, 0) is 19.4 Å². The third-order valence-corrected chi connectivity index (χ3v) is 2.77. The van der Waals surface area contributed by atoms with E-state index in [1.807, 2.05) is 37.3 Å². The van der Waals surface area contributed by atoms with Crippen molar-refractivity contribution in [1.29, 1.82) is 0 Å². The van der Waals surface area contributed by atoms with Crippen LogP contribution < -0.4 is 5.32 Å². The number of carbonyl (C=O) groups excluding carboxylic acids is 1. The second kappa shape index (κ2) is 9.77. The molecular weight excluding hydrogens is 266 g/mol. The summed E-state index contributed by atoms with van der Waals surface area (Å²) in [6.45, 7) is 8.50. The number of hydrogen-bond donors (Lipinski definition) is 1. The lowest BCUT2D eigenvalue weighted by Crippen LogP contribution is -2.23. The normalized spacial score (nSPS) is 12.6. The van der Waals surface area contributed by atoms with Crippen LogP contribution in [-0.4, -0.2) is 25.8 Å². The predicted molar refractivity (Wildman–Crippen MR) is 83.7 cm³/mol. The average molecular weight is 289 g/mol. The van der Waals surface area contributed by atoms with E-state index in [-0.39, 0.29) is 12.0 Å². The van der Waals surface area contributed by atoms with Crippen LogP contribution in [0, 0.1) is 0 Å². The van der Waals surface area contributed by atoms with Gasteiger partial charge in [0.1, 0.15) is 0 Å². The lowest BCUT2D eigenvalue weighted by atomic mass is 10.1. The van der Waals surface area contributed by atoms with Crippen molar-refractivity contribution in [2.75, 3.05) is 19.8 Å². The van der Waals surface area contributed by atoms with Crippen molar-refractivity contribution in [2.45, 2.75) is 19.9 Å². The third kappa shape index (κ3) is 6.77. The van der Waals surface area contributed by atoms with E-state index in [4.69, 9.17) is 9.47 Å². The maximum atomic E-state index is 11.6. The Hall–Kier alpha value is -2.07. The molecule has 0 aliphatic carbocycles. The fourth-order valence-corrected chi connectivity index (χ4v) is 1.81. The van der Waals surface area contributed by atoms with Crippen LogP contribution in [0.4, 0.5) is 0 Å². The monoisotopic (exact) mass is 289 g/mol. The van der Waals surface area contributed by atoms with E-state index in [9.17, 15) is 4.79 Å². The van der Waals surface area contributed by atoms with Gasteiger partial charge in [-0.3, -0.25) is 0 Å². The molecule has 114 valence electrons. The van der Waals surface area contributed by atoms with Crippen molar-refractivity contribution in [2.24, 2.45) is 0 Å². The van der Waals surface area contributed by atoms with Crippen LogP contribution in [0.2, 0.25) is 0 Å². The van der Waals surface area contributed by atoms with Crippen LogP contribution in [0.25, 0.3) is 0 Å². The quantitative estimate of drug-likeness (QED) is 0.328. The smallest absolute Gasteiger partial charge is 0.332 e. The Morgan fingerprint density at radius 1 is 1.38 bits per heavy atom.